The summed E-state index contributed by atoms with van der Waals surface area (Å²) >= 11 is 0. The maximum atomic E-state index is 11.9. The Morgan fingerprint density at radius 2 is 1.88 bits per heavy atom. The van der Waals surface area contributed by atoms with E-state index in [0.717, 1.165) is 0 Å². The number of hydrogen-bond acceptors (Lipinski definition) is 3. The highest BCUT2D eigenvalue weighted by molar-refractivity contribution is 5.56. The molecule has 4 heteroatoms. The maximum absolute atomic E-state index is 11.9. The molecule has 0 fully saturated rings. The van der Waals surface area contributed by atoms with Crippen LogP contribution in [0.5, 0.6) is 0 Å². The van der Waals surface area contributed by atoms with E-state index in [1.165, 1.54) is 10.5 Å². The molecule has 3 aromatic heterocycles. The van der Waals surface area contributed by atoms with Crippen LogP contribution < -0.4 is 5.56 Å². The van der Waals surface area contributed by atoms with Crippen LogP contribution in [0, 0.1) is 0 Å². The first kappa shape index (κ1) is 9.72. The number of fused-ring (bicyclic) bond motifs is 1. The molecular weight excluding hydrogens is 214 g/mol. The SMILES string of the molecule is O=c1cc(-c2ccccn2)nc2ccccn12. The van der Waals surface area contributed by atoms with Crippen molar-refractivity contribution in [3.63, 3.8) is 0 Å². The number of pyridine rings is 2. The minimum absolute atomic E-state index is 0.101. The van der Waals surface area contributed by atoms with Crippen LogP contribution >= 0.6 is 0 Å². The van der Waals surface area contributed by atoms with Gasteiger partial charge in [0.05, 0.1) is 11.4 Å². The van der Waals surface area contributed by atoms with E-state index in [1.54, 1.807) is 24.5 Å². The Balaban J connectivity index is 2.30. The normalized spacial score (nSPS) is 10.6. The van der Waals surface area contributed by atoms with Gasteiger partial charge in [-0.3, -0.25) is 14.2 Å². The third-order valence-corrected chi connectivity index (χ3v) is 2.50. The standard InChI is InChI=1S/C13H9N3O/c17-13-9-11(10-5-1-3-7-14-10)15-12-6-2-4-8-16(12)13/h1-9H. The largest absolute Gasteiger partial charge is 0.269 e. The van der Waals surface area contributed by atoms with Crippen molar-refractivity contribution in [1.82, 2.24) is 14.4 Å². The van der Waals surface area contributed by atoms with Gasteiger partial charge >= 0.3 is 0 Å². The molecule has 0 saturated carbocycles. The van der Waals surface area contributed by atoms with Gasteiger partial charge in [-0.05, 0) is 24.3 Å². The molecule has 4 nitrogen and oxygen atoms in total. The number of rotatable bonds is 1. The van der Waals surface area contributed by atoms with Gasteiger partial charge in [-0.2, -0.15) is 0 Å². The summed E-state index contributed by atoms with van der Waals surface area (Å²) in [5.41, 5.74) is 1.83. The van der Waals surface area contributed by atoms with Gasteiger partial charge in [0.2, 0.25) is 0 Å². The van der Waals surface area contributed by atoms with E-state index in [9.17, 15) is 4.79 Å². The van der Waals surface area contributed by atoms with Crippen molar-refractivity contribution < 1.29 is 0 Å². The van der Waals surface area contributed by atoms with Crippen LogP contribution in [-0.4, -0.2) is 14.4 Å². The lowest BCUT2D eigenvalue weighted by Gasteiger charge is -2.02. The van der Waals surface area contributed by atoms with Gasteiger partial charge in [0.1, 0.15) is 5.65 Å². The van der Waals surface area contributed by atoms with Crippen LogP contribution in [-0.2, 0) is 0 Å². The summed E-state index contributed by atoms with van der Waals surface area (Å²) in [6.45, 7) is 0. The van der Waals surface area contributed by atoms with Crippen molar-refractivity contribution >= 4 is 5.65 Å². The number of aromatic nitrogens is 3. The molecule has 82 valence electrons. The van der Waals surface area contributed by atoms with E-state index < -0.39 is 0 Å². The summed E-state index contributed by atoms with van der Waals surface area (Å²) in [7, 11) is 0. The van der Waals surface area contributed by atoms with Crippen LogP contribution in [0.2, 0.25) is 0 Å². The molecule has 0 unspecified atom stereocenters. The Morgan fingerprint density at radius 3 is 2.71 bits per heavy atom. The molecule has 0 atom stereocenters. The van der Waals surface area contributed by atoms with Crippen molar-refractivity contribution in [3.05, 3.63) is 65.2 Å². The van der Waals surface area contributed by atoms with Crippen molar-refractivity contribution in [3.8, 4) is 11.4 Å². The zero-order chi connectivity index (χ0) is 11.7. The highest BCUT2D eigenvalue weighted by atomic mass is 16.1. The third kappa shape index (κ3) is 1.69. The van der Waals surface area contributed by atoms with Gasteiger partial charge in [-0.15, -0.1) is 0 Å². The molecule has 3 aromatic rings. The first-order valence-electron chi connectivity index (χ1n) is 5.24. The van der Waals surface area contributed by atoms with Crippen LogP contribution in [0.1, 0.15) is 0 Å². The predicted octanol–water partition coefficient (Wildman–Crippen LogP) is 1.76. The summed E-state index contributed by atoms with van der Waals surface area (Å²) in [5, 5.41) is 0. The molecule has 0 spiro atoms. The van der Waals surface area contributed by atoms with Gasteiger partial charge in [-0.1, -0.05) is 12.1 Å². The van der Waals surface area contributed by atoms with Crippen molar-refractivity contribution in [2.75, 3.05) is 0 Å². The van der Waals surface area contributed by atoms with Gasteiger partial charge in [-0.25, -0.2) is 4.98 Å². The van der Waals surface area contributed by atoms with E-state index in [4.69, 9.17) is 0 Å². The van der Waals surface area contributed by atoms with Gasteiger partial charge < -0.3 is 0 Å². The minimum Gasteiger partial charge on any atom is -0.269 e. The average molecular weight is 223 g/mol. The third-order valence-electron chi connectivity index (χ3n) is 2.50. The Hall–Kier alpha value is -2.49. The summed E-state index contributed by atoms with van der Waals surface area (Å²) in [4.78, 5) is 20.5. The van der Waals surface area contributed by atoms with Crippen LogP contribution in [0.3, 0.4) is 0 Å². The van der Waals surface area contributed by atoms with E-state index in [-0.39, 0.29) is 5.56 Å². The molecular formula is C13H9N3O. The van der Waals surface area contributed by atoms with Crippen molar-refractivity contribution in [2.24, 2.45) is 0 Å². The molecule has 0 aliphatic carbocycles. The Kier molecular flexibility index (Phi) is 2.19. The second-order valence-electron chi connectivity index (χ2n) is 3.62. The van der Waals surface area contributed by atoms with Crippen molar-refractivity contribution in [2.45, 2.75) is 0 Å². The highest BCUT2D eigenvalue weighted by Gasteiger charge is 2.04. The maximum Gasteiger partial charge on any atom is 0.258 e. The summed E-state index contributed by atoms with van der Waals surface area (Å²) in [6, 6.07) is 12.5. The molecule has 0 bridgehead atoms. The molecule has 17 heavy (non-hydrogen) atoms. The van der Waals surface area contributed by atoms with Gasteiger partial charge in [0.25, 0.3) is 5.56 Å². The zero-order valence-electron chi connectivity index (χ0n) is 8.95. The number of nitrogens with zero attached hydrogens (tertiary/aromatic N) is 3. The quantitative estimate of drug-likeness (QED) is 0.631. The lowest BCUT2D eigenvalue weighted by atomic mass is 10.2. The monoisotopic (exact) mass is 223 g/mol. The Morgan fingerprint density at radius 1 is 1.00 bits per heavy atom. The zero-order valence-corrected chi connectivity index (χ0v) is 8.95. The van der Waals surface area contributed by atoms with Gasteiger partial charge in [0.15, 0.2) is 0 Å². The average Bonchev–Trinajstić information content (AvgIpc) is 2.40. The Bertz CT molecular complexity index is 719. The molecule has 0 amide bonds. The molecule has 0 saturated heterocycles. The fraction of sp³-hybridized carbons (Fsp3) is 0. The molecule has 0 aliphatic rings. The summed E-state index contributed by atoms with van der Waals surface area (Å²) < 4.78 is 1.51. The smallest absolute Gasteiger partial charge is 0.258 e. The molecule has 3 heterocycles. The molecule has 0 aliphatic heterocycles. The van der Waals surface area contributed by atoms with Crippen molar-refractivity contribution in [1.29, 1.82) is 0 Å². The summed E-state index contributed by atoms with van der Waals surface area (Å²) in [6.07, 6.45) is 3.39. The first-order valence-corrected chi connectivity index (χ1v) is 5.24. The molecule has 0 N–H and O–H groups in total. The van der Waals surface area contributed by atoms with Gasteiger partial charge in [0, 0.05) is 18.5 Å². The summed E-state index contributed by atoms with van der Waals surface area (Å²) in [5.74, 6) is 0. The Labute approximate surface area is 97.2 Å². The topological polar surface area (TPSA) is 47.3 Å². The lowest BCUT2D eigenvalue weighted by molar-refractivity contribution is 1.04. The van der Waals surface area contributed by atoms with Crippen LogP contribution in [0.25, 0.3) is 17.0 Å². The van der Waals surface area contributed by atoms with Crippen LogP contribution in [0.4, 0.5) is 0 Å². The van der Waals surface area contributed by atoms with E-state index in [0.29, 0.717) is 17.0 Å². The van der Waals surface area contributed by atoms with E-state index in [2.05, 4.69) is 9.97 Å². The molecule has 3 rings (SSSR count). The minimum atomic E-state index is -0.101. The highest BCUT2D eigenvalue weighted by Crippen LogP contribution is 2.11. The molecule has 0 aromatic carbocycles. The van der Waals surface area contributed by atoms with E-state index in [1.807, 2.05) is 24.3 Å². The second-order valence-corrected chi connectivity index (χ2v) is 3.62. The fourth-order valence-corrected chi connectivity index (χ4v) is 1.70. The second kappa shape index (κ2) is 3.83. The first-order chi connectivity index (χ1) is 8.34. The van der Waals surface area contributed by atoms with Crippen LogP contribution in [0.15, 0.2) is 59.7 Å². The lowest BCUT2D eigenvalue weighted by Crippen LogP contribution is -2.13. The predicted molar refractivity (Wildman–Crippen MR) is 64.7 cm³/mol. The number of hydrogen-bond donors (Lipinski definition) is 0. The molecule has 0 radical (unpaired) electrons. The van der Waals surface area contributed by atoms with E-state index >= 15 is 0 Å². The fourth-order valence-electron chi connectivity index (χ4n) is 1.70.